The van der Waals surface area contributed by atoms with Crippen LogP contribution in [0.1, 0.15) is 115 Å². The third-order valence-electron chi connectivity index (χ3n) is 17.8. The van der Waals surface area contributed by atoms with Crippen LogP contribution in [0.25, 0.3) is 0 Å². The number of aliphatic carboxylic acids is 1. The summed E-state index contributed by atoms with van der Waals surface area (Å²) in [6, 6.07) is -6.21. The summed E-state index contributed by atoms with van der Waals surface area (Å²) in [6.45, 7) is 10.5. The number of amides is 8. The largest absolute Gasteiger partial charge is 0.480 e. The van der Waals surface area contributed by atoms with Crippen LogP contribution in [0.4, 0.5) is 4.79 Å². The average molecular weight is 1820 g/mol. The molecule has 8 amide bonds. The fraction of sp³-hybridized carbons (Fsp3) is 0.779. The molecule has 7 N–H and O–H groups in total. The summed E-state index contributed by atoms with van der Waals surface area (Å²) in [5.74, 6) is -11.5. The van der Waals surface area contributed by atoms with Crippen molar-refractivity contribution in [3.8, 4) is 0 Å². The topological polar surface area (TPSA) is 607 Å². The molecule has 0 aliphatic carbocycles. The SMILES string of the molecule is CC(=O)N[C@H]1C(OCCOCCOCCOCC(=O)NCCCCC(NC(=O)C(CCCCNC(=O)COCCOCCOCCOC2O[C@H](COC(C)=O)[C@H](OC(C)=O)[C@H](OC(C)=O)[C@H]2NC(C)=O)NC(=O)COCCOCCOCCO[C@@H]2O[C@H](COC(C)=O)[C@H](OC(C)=O)[C@@H]3OC(=O)N(C(C)=O)[C@@H]23)C(=O)O)O[C@H](COC(C)=O)[C@H](OC(C)=O)[C@@H]1OC(C)=O. The van der Waals surface area contributed by atoms with Crippen LogP contribution in [0.2, 0.25) is 0 Å². The molecule has 4 heterocycles. The van der Waals surface area contributed by atoms with Gasteiger partial charge in [-0.3, -0.25) is 71.9 Å². The van der Waals surface area contributed by atoms with Gasteiger partial charge in [0.25, 0.3) is 0 Å². The number of fused-ring (bicyclic) bond motifs is 1. The molecule has 4 aliphatic rings. The normalized spacial score (nSPS) is 22.9. The highest BCUT2D eigenvalue weighted by Crippen LogP contribution is 2.36. The lowest BCUT2D eigenvalue weighted by molar-refractivity contribution is -0.279. The van der Waals surface area contributed by atoms with E-state index in [1.807, 2.05) is 0 Å². The average Bonchev–Trinajstić information content (AvgIpc) is 1.55. The number of carbonyl (C=O) groups is 17. The van der Waals surface area contributed by atoms with E-state index >= 15 is 0 Å². The zero-order valence-corrected chi connectivity index (χ0v) is 72.6. The maximum Gasteiger partial charge on any atom is 0.417 e. The van der Waals surface area contributed by atoms with E-state index in [9.17, 15) is 86.6 Å². The van der Waals surface area contributed by atoms with Crippen LogP contribution >= 0.6 is 0 Å². The Kier molecular flexibility index (Phi) is 52.6. The minimum atomic E-state index is -1.42. The van der Waals surface area contributed by atoms with Gasteiger partial charge in [-0.05, 0) is 38.5 Å². The van der Waals surface area contributed by atoms with Crippen molar-refractivity contribution in [1.82, 2.24) is 36.8 Å². The van der Waals surface area contributed by atoms with Gasteiger partial charge < -0.3 is 151 Å². The summed E-state index contributed by atoms with van der Waals surface area (Å²) in [7, 11) is 0. The van der Waals surface area contributed by atoms with Gasteiger partial charge in [0.15, 0.2) is 55.5 Å². The lowest BCUT2D eigenvalue weighted by Gasteiger charge is -2.44. The van der Waals surface area contributed by atoms with Gasteiger partial charge >= 0.3 is 59.8 Å². The highest BCUT2D eigenvalue weighted by Gasteiger charge is 2.60. The zero-order valence-electron chi connectivity index (χ0n) is 72.6. The highest BCUT2D eigenvalue weighted by molar-refractivity contribution is 5.93. The van der Waals surface area contributed by atoms with E-state index in [-0.39, 0.29) is 171 Å². The van der Waals surface area contributed by atoms with Crippen molar-refractivity contribution in [3.05, 3.63) is 0 Å². The molecule has 4 fully saturated rings. The maximum atomic E-state index is 13.8. The van der Waals surface area contributed by atoms with E-state index in [2.05, 4.69) is 31.9 Å². The fourth-order valence-electron chi connectivity index (χ4n) is 12.6. The van der Waals surface area contributed by atoms with E-state index in [4.69, 9.17) is 114 Å². The van der Waals surface area contributed by atoms with Crippen LogP contribution < -0.4 is 31.9 Å². The van der Waals surface area contributed by atoms with Gasteiger partial charge in [0.1, 0.15) is 88.2 Å². The number of ether oxygens (including phenoxy) is 24. The molecule has 0 bridgehead atoms. The number of esters is 8. The second kappa shape index (κ2) is 61.0. The molecule has 0 aromatic carbocycles. The molecular formula is C77H121N7O42. The lowest BCUT2D eigenvalue weighted by Crippen LogP contribution is -2.66. The Bertz CT molecular complexity index is 3470. The first-order valence-electron chi connectivity index (χ1n) is 40.7. The minimum absolute atomic E-state index is 0.00314. The summed E-state index contributed by atoms with van der Waals surface area (Å²) in [5.41, 5.74) is 0. The van der Waals surface area contributed by atoms with Crippen molar-refractivity contribution >= 4 is 101 Å². The van der Waals surface area contributed by atoms with Crippen LogP contribution in [0.15, 0.2) is 0 Å². The third-order valence-corrected chi connectivity index (χ3v) is 17.8. The summed E-state index contributed by atoms with van der Waals surface area (Å²) >= 11 is 0. The molecule has 17 atom stereocenters. The Hall–Kier alpha value is -9.61. The van der Waals surface area contributed by atoms with E-state index in [0.717, 1.165) is 67.2 Å². The van der Waals surface area contributed by atoms with Crippen molar-refractivity contribution in [2.45, 2.75) is 219 Å². The number of imide groups is 1. The van der Waals surface area contributed by atoms with Crippen LogP contribution in [0, 0.1) is 0 Å². The van der Waals surface area contributed by atoms with Crippen molar-refractivity contribution in [2.24, 2.45) is 0 Å². The molecule has 4 unspecified atom stereocenters. The Morgan fingerprint density at radius 3 is 1.03 bits per heavy atom. The third kappa shape index (κ3) is 43.7. The maximum absolute atomic E-state index is 13.8. The highest BCUT2D eigenvalue weighted by atomic mass is 16.7. The standard InChI is InChI=1S/C77H121N7O42/c1-44(85)80-63-69(121-53(10)94)66(118-50(7)91)57(38-115-47(4)88)123-74(63)112-35-32-106-23-20-103-26-29-109-41-60(96)78-18-14-12-16-55(82-62(98)43-111-31-28-105-22-25-108-34-37-114-76-65-71(126-77(102)84(65)46(3)87)68(120-52(9)93)59(125-76)40-117-49(6)90)72(99)83-56(73(100)101)17-13-15-19-79-61(97)42-110-30-27-104-21-24-107-33-36-113-75-64(81-45(2)86)70(122-54(11)95)67(119-51(8)92)58(124-75)39-116-48(5)89/h55-59,63-71,74-76H,12-43H2,1-11H3,(H,78,96)(H,79,97)(H,80,85)(H,81,86)(H,82,98)(H,83,99)(H,100,101)/t55?,56?,57-,58-,59-,63-,64-,65-,66+,67+,68+,69-,70-,71-,74?,75?,76-/m1/s1. The number of rotatable bonds is 63. The number of hydrogen-bond donors (Lipinski definition) is 7. The number of carboxylic acids is 1. The quantitative estimate of drug-likeness (QED) is 0.0174. The molecule has 0 spiro atoms. The Balaban J connectivity index is 1.19. The van der Waals surface area contributed by atoms with Crippen LogP contribution in [-0.2, 0) is 190 Å². The van der Waals surface area contributed by atoms with Crippen molar-refractivity contribution < 1.29 is 200 Å². The smallest absolute Gasteiger partial charge is 0.417 e. The molecule has 49 heteroatoms. The minimum Gasteiger partial charge on any atom is -0.480 e. The van der Waals surface area contributed by atoms with E-state index in [1.165, 1.54) is 13.8 Å². The summed E-state index contributed by atoms with van der Waals surface area (Å²) in [6.07, 6.45) is -15.1. The van der Waals surface area contributed by atoms with Crippen LogP contribution in [0.5, 0.6) is 0 Å². The number of nitrogens with one attached hydrogen (secondary N) is 6. The Morgan fingerprint density at radius 2 is 0.683 bits per heavy atom. The second-order valence-electron chi connectivity index (χ2n) is 28.2. The van der Waals surface area contributed by atoms with E-state index < -0.39 is 232 Å². The van der Waals surface area contributed by atoms with Gasteiger partial charge in [-0.15, -0.1) is 0 Å². The number of unbranched alkanes of at least 4 members (excludes halogenated alkanes) is 2. The second-order valence-corrected chi connectivity index (χ2v) is 28.2. The fourth-order valence-corrected chi connectivity index (χ4v) is 12.6. The number of carboxylic acid groups (broad SMARTS) is 1. The summed E-state index contributed by atoms with van der Waals surface area (Å²) < 4.78 is 133. The van der Waals surface area contributed by atoms with Crippen LogP contribution in [0.3, 0.4) is 0 Å². The molecule has 716 valence electrons. The van der Waals surface area contributed by atoms with Crippen molar-refractivity contribution in [3.63, 3.8) is 0 Å². The summed E-state index contributed by atoms with van der Waals surface area (Å²) in [4.78, 5) is 211. The predicted molar refractivity (Wildman–Crippen MR) is 416 cm³/mol. The van der Waals surface area contributed by atoms with Gasteiger partial charge in [-0.2, -0.15) is 0 Å². The van der Waals surface area contributed by atoms with Gasteiger partial charge in [0.05, 0.1) is 119 Å². The monoisotopic (exact) mass is 1820 g/mol. The first-order valence-corrected chi connectivity index (χ1v) is 40.7. The molecule has 0 radical (unpaired) electrons. The Morgan fingerprint density at radius 1 is 0.365 bits per heavy atom. The summed E-state index contributed by atoms with van der Waals surface area (Å²) in [5, 5.41) is 25.8. The predicted octanol–water partition coefficient (Wildman–Crippen LogP) is -3.92. The number of carbonyl (C=O) groups excluding carboxylic acids is 16. The van der Waals surface area contributed by atoms with Crippen molar-refractivity contribution in [2.75, 3.05) is 172 Å². The van der Waals surface area contributed by atoms with Gasteiger partial charge in [0, 0.05) is 89.3 Å². The molecule has 0 aromatic rings. The van der Waals surface area contributed by atoms with Gasteiger partial charge in [-0.1, -0.05) is 0 Å². The van der Waals surface area contributed by atoms with Crippen molar-refractivity contribution in [1.29, 1.82) is 0 Å². The molecule has 4 saturated heterocycles. The lowest BCUT2D eigenvalue weighted by atomic mass is 9.96. The van der Waals surface area contributed by atoms with E-state index in [1.54, 1.807) is 0 Å². The van der Waals surface area contributed by atoms with Gasteiger partial charge in [0.2, 0.25) is 41.4 Å². The molecular weight excluding hydrogens is 1690 g/mol. The number of nitrogens with zero attached hydrogens (tertiary/aromatic N) is 1. The Labute approximate surface area is 726 Å². The number of hydrogen-bond acceptors (Lipinski definition) is 41. The first-order chi connectivity index (χ1) is 60.1. The molecule has 0 saturated carbocycles. The van der Waals surface area contributed by atoms with Gasteiger partial charge in [-0.25, -0.2) is 14.5 Å². The molecule has 49 nitrogen and oxygen atoms in total. The van der Waals surface area contributed by atoms with E-state index in [0.29, 0.717) is 12.8 Å². The molecule has 126 heavy (non-hydrogen) atoms. The zero-order chi connectivity index (χ0) is 93.0. The molecule has 4 aliphatic heterocycles. The molecule has 4 rings (SSSR count). The van der Waals surface area contributed by atoms with Crippen LogP contribution in [-0.4, -0.2) is 387 Å². The molecule has 0 aromatic heterocycles. The first kappa shape index (κ1) is 109.